The van der Waals surface area contributed by atoms with Crippen LogP contribution in [0.5, 0.6) is 0 Å². The minimum Gasteiger partial charge on any atom is -0.387 e. The minimum absolute atomic E-state index is 0.00564. The Morgan fingerprint density at radius 3 is 1.36 bits per heavy atom. The van der Waals surface area contributed by atoms with Crippen molar-refractivity contribution in [2.75, 3.05) is 13.2 Å². The summed E-state index contributed by atoms with van der Waals surface area (Å²) < 4.78 is 23.6. The molecule has 150 valence electrons. The number of hydrogen-bond acceptors (Lipinski definition) is 6. The van der Waals surface area contributed by atoms with E-state index in [0.29, 0.717) is 10.0 Å². The van der Waals surface area contributed by atoms with Crippen LogP contribution in [0.4, 0.5) is 0 Å². The quantitative estimate of drug-likeness (QED) is 0.767. The highest BCUT2D eigenvalue weighted by Gasteiger charge is 2.42. The van der Waals surface area contributed by atoms with Crippen LogP contribution in [0.25, 0.3) is 0 Å². The molecule has 2 fully saturated rings. The van der Waals surface area contributed by atoms with E-state index in [1.807, 2.05) is 0 Å². The van der Waals surface area contributed by atoms with Crippen LogP contribution in [0.1, 0.15) is 23.7 Å². The molecule has 0 radical (unpaired) electrons. The normalized spacial score (nSPS) is 33.6. The SMILES string of the molecule is O[C@@H]1[C@@H](O)[C@H]2COC(c3ccc(Cl)cc3)O[C@H]1COC(c1ccc(Cl)cc1)O2. The van der Waals surface area contributed by atoms with Crippen LogP contribution < -0.4 is 0 Å². The molecule has 0 spiro atoms. The molecule has 0 aromatic heterocycles. The number of rotatable bonds is 2. The molecular weight excluding hydrogens is 407 g/mol. The number of ether oxygens (including phenoxy) is 4. The number of fused-ring (bicyclic) bond motifs is 3. The minimum atomic E-state index is -1.19. The summed E-state index contributed by atoms with van der Waals surface area (Å²) in [6.45, 7) is 0.0113. The van der Waals surface area contributed by atoms with E-state index in [0.717, 1.165) is 11.1 Å². The summed E-state index contributed by atoms with van der Waals surface area (Å²) in [5, 5.41) is 22.3. The van der Waals surface area contributed by atoms with Crippen LogP contribution in [-0.4, -0.2) is 47.8 Å². The highest BCUT2D eigenvalue weighted by Crippen LogP contribution is 2.33. The number of benzene rings is 2. The number of hydrogen-bond donors (Lipinski definition) is 2. The number of aliphatic hydroxyl groups is 2. The molecule has 6 nitrogen and oxygen atoms in total. The van der Waals surface area contributed by atoms with E-state index in [-0.39, 0.29) is 13.2 Å². The predicted octanol–water partition coefficient (Wildman–Crippen LogP) is 3.24. The fourth-order valence-electron chi connectivity index (χ4n) is 3.23. The third kappa shape index (κ3) is 4.35. The van der Waals surface area contributed by atoms with E-state index in [1.165, 1.54) is 0 Å². The Labute approximate surface area is 172 Å². The molecule has 6 atom stereocenters. The largest absolute Gasteiger partial charge is 0.387 e. The molecular formula is C20H20Cl2O6. The molecule has 8 heteroatoms. The molecule has 4 rings (SSSR count). The van der Waals surface area contributed by atoms with Crippen molar-refractivity contribution in [1.82, 2.24) is 0 Å². The Morgan fingerprint density at radius 2 is 1.00 bits per heavy atom. The molecule has 2 heterocycles. The van der Waals surface area contributed by atoms with Gasteiger partial charge in [-0.05, 0) is 24.3 Å². The summed E-state index contributed by atoms with van der Waals surface area (Å²) in [5.74, 6) is 0. The summed E-state index contributed by atoms with van der Waals surface area (Å²) in [7, 11) is 0. The standard InChI is InChI=1S/C20H20Cl2O6/c21-13-5-1-11(2-6-13)19-25-9-16-18(24)17(23)15(27-19)10-26-20(28-16)12-3-7-14(22)8-4-12/h1-8,15-20,23-24H,9-10H2/t15-,16+,17-,18-,19?,20?/m0/s1. The topological polar surface area (TPSA) is 77.4 Å². The highest BCUT2D eigenvalue weighted by molar-refractivity contribution is 6.30. The molecule has 0 amide bonds. The van der Waals surface area contributed by atoms with Gasteiger partial charge in [-0.15, -0.1) is 0 Å². The average molecular weight is 427 g/mol. The molecule has 0 saturated carbocycles. The first-order valence-corrected chi connectivity index (χ1v) is 9.68. The zero-order chi connectivity index (χ0) is 19.7. The van der Waals surface area contributed by atoms with Crippen molar-refractivity contribution in [3.63, 3.8) is 0 Å². The van der Waals surface area contributed by atoms with Crippen molar-refractivity contribution in [3.8, 4) is 0 Å². The maximum atomic E-state index is 10.6. The van der Waals surface area contributed by atoms with Crippen LogP contribution in [0.2, 0.25) is 10.0 Å². The van der Waals surface area contributed by atoms with Crippen LogP contribution >= 0.6 is 23.2 Å². The van der Waals surface area contributed by atoms with Crippen molar-refractivity contribution >= 4 is 23.2 Å². The van der Waals surface area contributed by atoms with E-state index in [2.05, 4.69) is 0 Å². The Hall–Kier alpha value is -1.22. The van der Waals surface area contributed by atoms with Gasteiger partial charge in [0.1, 0.15) is 24.4 Å². The van der Waals surface area contributed by atoms with Gasteiger partial charge in [0.2, 0.25) is 0 Å². The average Bonchev–Trinajstić information content (AvgIpc) is 2.70. The maximum absolute atomic E-state index is 10.6. The Kier molecular flexibility index (Phi) is 6.20. The van der Waals surface area contributed by atoms with Gasteiger partial charge in [-0.3, -0.25) is 0 Å². The van der Waals surface area contributed by atoms with Crippen molar-refractivity contribution in [2.45, 2.75) is 37.0 Å². The lowest BCUT2D eigenvalue weighted by molar-refractivity contribution is -0.317. The Balaban J connectivity index is 1.57. The summed E-state index contributed by atoms with van der Waals surface area (Å²) in [4.78, 5) is 0. The first-order chi connectivity index (χ1) is 13.5. The molecule has 2 aromatic carbocycles. The lowest BCUT2D eigenvalue weighted by atomic mass is 10.0. The zero-order valence-electron chi connectivity index (χ0n) is 14.8. The molecule has 2 saturated heterocycles. The van der Waals surface area contributed by atoms with Gasteiger partial charge < -0.3 is 29.2 Å². The van der Waals surface area contributed by atoms with Crippen molar-refractivity contribution in [3.05, 3.63) is 69.7 Å². The van der Waals surface area contributed by atoms with Gasteiger partial charge in [0, 0.05) is 21.2 Å². The molecule has 2 unspecified atom stereocenters. The fraction of sp³-hybridized carbons (Fsp3) is 0.400. The maximum Gasteiger partial charge on any atom is 0.184 e. The highest BCUT2D eigenvalue weighted by atomic mass is 35.5. The van der Waals surface area contributed by atoms with Gasteiger partial charge in [-0.2, -0.15) is 0 Å². The summed E-state index contributed by atoms with van der Waals surface area (Å²) in [5.41, 5.74) is 1.48. The molecule has 2 bridgehead atoms. The van der Waals surface area contributed by atoms with E-state index in [9.17, 15) is 10.2 Å². The third-order valence-corrected chi connectivity index (χ3v) is 5.32. The van der Waals surface area contributed by atoms with Gasteiger partial charge in [0.25, 0.3) is 0 Å². The van der Waals surface area contributed by atoms with Gasteiger partial charge in [-0.1, -0.05) is 47.5 Å². The Morgan fingerprint density at radius 1 is 0.643 bits per heavy atom. The monoisotopic (exact) mass is 426 g/mol. The molecule has 2 N–H and O–H groups in total. The number of halogens is 2. The van der Waals surface area contributed by atoms with E-state index >= 15 is 0 Å². The molecule has 2 aliphatic heterocycles. The molecule has 2 aliphatic rings. The second-order valence-corrected chi connectivity index (χ2v) is 7.64. The lowest BCUT2D eigenvalue weighted by Gasteiger charge is -2.41. The first kappa shape index (κ1) is 20.1. The van der Waals surface area contributed by atoms with Crippen molar-refractivity contribution < 1.29 is 29.2 Å². The van der Waals surface area contributed by atoms with E-state index in [1.54, 1.807) is 48.5 Å². The Bertz CT molecular complexity index is 717. The van der Waals surface area contributed by atoms with Gasteiger partial charge >= 0.3 is 0 Å². The fourth-order valence-corrected chi connectivity index (χ4v) is 3.48. The van der Waals surface area contributed by atoms with Crippen molar-refractivity contribution in [1.29, 1.82) is 0 Å². The molecule has 2 aromatic rings. The van der Waals surface area contributed by atoms with Gasteiger partial charge in [-0.25, -0.2) is 0 Å². The van der Waals surface area contributed by atoms with Crippen LogP contribution in [-0.2, 0) is 18.9 Å². The molecule has 28 heavy (non-hydrogen) atoms. The zero-order valence-corrected chi connectivity index (χ0v) is 16.3. The third-order valence-electron chi connectivity index (χ3n) is 4.82. The van der Waals surface area contributed by atoms with Crippen LogP contribution in [0.15, 0.2) is 48.5 Å². The van der Waals surface area contributed by atoms with Crippen molar-refractivity contribution in [2.24, 2.45) is 0 Å². The van der Waals surface area contributed by atoms with E-state index in [4.69, 9.17) is 42.1 Å². The summed E-state index contributed by atoms with van der Waals surface area (Å²) in [6.07, 6.45) is -5.48. The van der Waals surface area contributed by atoms with Crippen LogP contribution in [0.3, 0.4) is 0 Å². The lowest BCUT2D eigenvalue weighted by Crippen LogP contribution is -2.54. The van der Waals surface area contributed by atoms with Crippen LogP contribution in [0, 0.1) is 0 Å². The summed E-state index contributed by atoms with van der Waals surface area (Å²) in [6, 6.07) is 14.1. The second kappa shape index (κ2) is 8.65. The first-order valence-electron chi connectivity index (χ1n) is 8.92. The smallest absolute Gasteiger partial charge is 0.184 e. The van der Waals surface area contributed by atoms with Gasteiger partial charge in [0.05, 0.1) is 13.2 Å². The van der Waals surface area contributed by atoms with E-state index < -0.39 is 37.0 Å². The molecule has 0 aliphatic carbocycles. The van der Waals surface area contributed by atoms with Gasteiger partial charge in [0.15, 0.2) is 12.6 Å². The second-order valence-electron chi connectivity index (χ2n) is 6.76. The number of aliphatic hydroxyl groups excluding tert-OH is 2. The predicted molar refractivity (Wildman–Crippen MR) is 102 cm³/mol. The summed E-state index contributed by atoms with van der Waals surface area (Å²) >= 11 is 11.9.